The minimum atomic E-state index is -0.776. The summed E-state index contributed by atoms with van der Waals surface area (Å²) in [5.41, 5.74) is 0.553. The number of carbonyl (C=O) groups is 1. The summed E-state index contributed by atoms with van der Waals surface area (Å²) in [5, 5.41) is 11.7. The van der Waals surface area contributed by atoms with Crippen molar-refractivity contribution in [3.63, 3.8) is 0 Å². The smallest absolute Gasteiger partial charge is 0.411 e. The lowest BCUT2D eigenvalue weighted by molar-refractivity contribution is 0.0752. The number of hydrogen-bond donors (Lipinski definition) is 2. The zero-order valence-electron chi connectivity index (χ0n) is 10.1. The van der Waals surface area contributed by atoms with Crippen LogP contribution in [0.15, 0.2) is 24.3 Å². The van der Waals surface area contributed by atoms with Crippen LogP contribution in [0.3, 0.4) is 0 Å². The van der Waals surface area contributed by atoms with Crippen molar-refractivity contribution in [3.8, 4) is 5.75 Å². The molecule has 0 heterocycles. The summed E-state index contributed by atoms with van der Waals surface area (Å²) in [6.45, 7) is 0. The second kappa shape index (κ2) is 3.62. The number of rotatable bonds is 2. The molecule has 4 saturated carbocycles. The summed E-state index contributed by atoms with van der Waals surface area (Å²) < 4.78 is 19.1. The number of ether oxygens (including phenoxy) is 1. The molecule has 1 amide bonds. The number of amides is 1. The molecule has 5 heteroatoms. The maximum atomic E-state index is 13.7. The van der Waals surface area contributed by atoms with Crippen LogP contribution in [0.1, 0.15) is 6.42 Å². The Balaban J connectivity index is 1.39. The minimum absolute atomic E-state index is 0.0921. The van der Waals surface area contributed by atoms with Crippen molar-refractivity contribution in [2.75, 3.05) is 5.32 Å². The molecule has 19 heavy (non-hydrogen) atoms. The van der Waals surface area contributed by atoms with Crippen molar-refractivity contribution in [2.24, 2.45) is 23.7 Å². The maximum absolute atomic E-state index is 13.7. The van der Waals surface area contributed by atoms with Crippen LogP contribution < -0.4 is 5.32 Å². The lowest BCUT2D eigenvalue weighted by Crippen LogP contribution is -2.27. The molecule has 2 N–H and O–H groups in total. The van der Waals surface area contributed by atoms with E-state index in [4.69, 9.17) is 9.84 Å². The predicted octanol–water partition coefficient (Wildman–Crippen LogP) is 2.54. The molecule has 4 bridgehead atoms. The van der Waals surface area contributed by atoms with Gasteiger partial charge in [-0.25, -0.2) is 9.18 Å². The molecule has 0 saturated heterocycles. The Bertz CT molecular complexity index is 532. The molecule has 100 valence electrons. The first-order valence-corrected chi connectivity index (χ1v) is 6.56. The van der Waals surface area contributed by atoms with Crippen LogP contribution >= 0.6 is 0 Å². The van der Waals surface area contributed by atoms with E-state index in [2.05, 4.69) is 5.32 Å². The molecule has 2 unspecified atom stereocenters. The van der Waals surface area contributed by atoms with Crippen molar-refractivity contribution in [1.29, 1.82) is 0 Å². The van der Waals surface area contributed by atoms with Gasteiger partial charge in [-0.1, -0.05) is 0 Å². The van der Waals surface area contributed by atoms with Gasteiger partial charge in [0.25, 0.3) is 0 Å². The lowest BCUT2D eigenvalue weighted by Gasteiger charge is -2.17. The number of alkyl halides is 1. The number of nitrogens with one attached hydrogen (secondary N) is 1. The van der Waals surface area contributed by atoms with Crippen molar-refractivity contribution in [3.05, 3.63) is 24.3 Å². The van der Waals surface area contributed by atoms with Gasteiger partial charge in [-0.3, -0.25) is 5.32 Å². The molecule has 1 aromatic rings. The molecule has 5 rings (SSSR count). The van der Waals surface area contributed by atoms with Crippen LogP contribution in [0.5, 0.6) is 5.75 Å². The number of carbonyl (C=O) groups excluding carboxylic acids is 1. The number of phenols is 1. The monoisotopic (exact) mass is 263 g/mol. The standard InChI is InChI=1S/C14H14FNO3/c15-12-9-5-8-10(12)11(8)13(9)19-14(18)16-6-1-3-7(17)4-2-6/h1-4,8-13,17H,5H2,(H,16,18)/t8-,9+,10?,11?,12-,13+/m1/s1. The molecule has 6 atom stereocenters. The van der Waals surface area contributed by atoms with Crippen molar-refractivity contribution in [1.82, 2.24) is 0 Å². The SMILES string of the molecule is O=C(Nc1ccc(O)cc1)O[C@@H]1C2C3[C@H]2C[C@H]1[C@H]3F. The van der Waals surface area contributed by atoms with Gasteiger partial charge in [0.15, 0.2) is 0 Å². The summed E-state index contributed by atoms with van der Waals surface area (Å²) in [6.07, 6.45) is -0.696. The van der Waals surface area contributed by atoms with Crippen LogP contribution in [0.4, 0.5) is 14.9 Å². The Hall–Kier alpha value is -1.78. The van der Waals surface area contributed by atoms with Gasteiger partial charge in [-0.05, 0) is 36.6 Å². The van der Waals surface area contributed by atoms with Crippen molar-refractivity contribution >= 4 is 11.8 Å². The van der Waals surface area contributed by atoms with E-state index in [1.807, 2.05) is 0 Å². The van der Waals surface area contributed by atoms with E-state index in [-0.39, 0.29) is 29.6 Å². The van der Waals surface area contributed by atoms with Crippen molar-refractivity contribution < 1.29 is 19.0 Å². The fourth-order valence-electron chi connectivity index (χ4n) is 3.97. The third-order valence-electron chi connectivity index (χ3n) is 4.77. The zero-order valence-corrected chi connectivity index (χ0v) is 10.1. The van der Waals surface area contributed by atoms with E-state index in [0.717, 1.165) is 6.42 Å². The topological polar surface area (TPSA) is 58.6 Å². The Morgan fingerprint density at radius 3 is 2.53 bits per heavy atom. The molecule has 0 aliphatic heterocycles. The fraction of sp³-hybridized carbons (Fsp3) is 0.500. The Labute approximate surface area is 109 Å². The van der Waals surface area contributed by atoms with E-state index in [1.165, 1.54) is 12.1 Å². The number of phenolic OH excluding ortho intramolecular Hbond substituents is 1. The molecule has 4 fully saturated rings. The van der Waals surface area contributed by atoms with E-state index >= 15 is 0 Å². The largest absolute Gasteiger partial charge is 0.508 e. The first kappa shape index (κ1) is 11.1. The highest BCUT2D eigenvalue weighted by Gasteiger charge is 2.75. The van der Waals surface area contributed by atoms with E-state index < -0.39 is 12.3 Å². The van der Waals surface area contributed by atoms with Crippen LogP contribution in [0, 0.1) is 23.7 Å². The van der Waals surface area contributed by atoms with E-state index in [0.29, 0.717) is 11.6 Å². The number of halogens is 1. The second-order valence-electron chi connectivity index (χ2n) is 5.70. The molecular formula is C14H14FNO3. The lowest BCUT2D eigenvalue weighted by atomic mass is 10.1. The van der Waals surface area contributed by atoms with Gasteiger partial charge >= 0.3 is 6.09 Å². The average Bonchev–Trinajstić information content (AvgIpc) is 2.70. The number of hydrogen-bond acceptors (Lipinski definition) is 3. The third-order valence-corrected chi connectivity index (χ3v) is 4.77. The second-order valence-corrected chi connectivity index (χ2v) is 5.70. The van der Waals surface area contributed by atoms with Gasteiger partial charge in [0.05, 0.1) is 0 Å². The molecule has 4 aliphatic rings. The Morgan fingerprint density at radius 2 is 2.00 bits per heavy atom. The predicted molar refractivity (Wildman–Crippen MR) is 65.5 cm³/mol. The van der Waals surface area contributed by atoms with Gasteiger partial charge in [-0.15, -0.1) is 0 Å². The number of benzene rings is 1. The molecule has 1 aromatic carbocycles. The van der Waals surface area contributed by atoms with Gasteiger partial charge in [0.1, 0.15) is 18.0 Å². The first-order chi connectivity index (χ1) is 9.15. The minimum Gasteiger partial charge on any atom is -0.508 e. The summed E-state index contributed by atoms with van der Waals surface area (Å²) in [7, 11) is 0. The summed E-state index contributed by atoms with van der Waals surface area (Å²) in [4.78, 5) is 11.8. The van der Waals surface area contributed by atoms with Gasteiger partial charge in [0, 0.05) is 23.4 Å². The van der Waals surface area contributed by atoms with Gasteiger partial charge in [0.2, 0.25) is 0 Å². The Morgan fingerprint density at radius 1 is 1.26 bits per heavy atom. The Kier molecular flexibility index (Phi) is 2.11. The summed E-state index contributed by atoms with van der Waals surface area (Å²) in [5.74, 6) is 0.899. The van der Waals surface area contributed by atoms with E-state index in [1.54, 1.807) is 12.1 Å². The number of anilines is 1. The van der Waals surface area contributed by atoms with Crippen LogP contribution in [-0.2, 0) is 4.74 Å². The molecule has 0 spiro atoms. The number of aromatic hydroxyl groups is 1. The molecule has 4 nitrogen and oxygen atoms in total. The van der Waals surface area contributed by atoms with Crippen LogP contribution in [0.2, 0.25) is 0 Å². The third kappa shape index (κ3) is 1.54. The first-order valence-electron chi connectivity index (χ1n) is 6.56. The van der Waals surface area contributed by atoms with E-state index in [9.17, 15) is 9.18 Å². The highest BCUT2D eigenvalue weighted by Crippen LogP contribution is 2.72. The average molecular weight is 263 g/mol. The quantitative estimate of drug-likeness (QED) is 0.806. The molecule has 0 aromatic heterocycles. The van der Waals surface area contributed by atoms with Gasteiger partial charge < -0.3 is 9.84 Å². The van der Waals surface area contributed by atoms with Crippen molar-refractivity contribution in [2.45, 2.75) is 18.7 Å². The summed E-state index contributed by atoms with van der Waals surface area (Å²) in [6, 6.07) is 6.14. The molecule has 4 aliphatic carbocycles. The zero-order chi connectivity index (χ0) is 13.1. The highest BCUT2D eigenvalue weighted by molar-refractivity contribution is 5.84. The molecular weight excluding hydrogens is 249 g/mol. The summed E-state index contributed by atoms with van der Waals surface area (Å²) >= 11 is 0. The van der Waals surface area contributed by atoms with Gasteiger partial charge in [-0.2, -0.15) is 0 Å². The van der Waals surface area contributed by atoms with Crippen LogP contribution in [0.25, 0.3) is 0 Å². The fourth-order valence-corrected chi connectivity index (χ4v) is 3.97. The highest BCUT2D eigenvalue weighted by atomic mass is 19.1. The normalized spacial score (nSPS) is 41.1. The molecule has 0 radical (unpaired) electrons. The maximum Gasteiger partial charge on any atom is 0.411 e. The van der Waals surface area contributed by atoms with Crippen LogP contribution in [-0.4, -0.2) is 23.5 Å².